The van der Waals surface area contributed by atoms with Crippen molar-refractivity contribution >= 4 is 22.5 Å². The van der Waals surface area contributed by atoms with Crippen LogP contribution in [-0.4, -0.2) is 28.2 Å². The van der Waals surface area contributed by atoms with Crippen LogP contribution in [0.5, 0.6) is 5.88 Å². The zero-order valence-electron chi connectivity index (χ0n) is 13.3. The number of nitrogens with one attached hydrogen (secondary N) is 2. The van der Waals surface area contributed by atoms with Crippen LogP contribution in [0.3, 0.4) is 0 Å². The molecular formula is C18H14N4O3. The van der Waals surface area contributed by atoms with Gasteiger partial charge in [-0.1, -0.05) is 0 Å². The third-order valence-corrected chi connectivity index (χ3v) is 3.73. The lowest BCUT2D eigenvalue weighted by Crippen LogP contribution is -2.12. The van der Waals surface area contributed by atoms with Crippen molar-refractivity contribution in [2.24, 2.45) is 0 Å². The molecule has 0 saturated heterocycles. The number of anilines is 1. The summed E-state index contributed by atoms with van der Waals surface area (Å²) in [5, 5.41) is 10.5. The number of rotatable bonds is 4. The van der Waals surface area contributed by atoms with E-state index in [1.165, 1.54) is 0 Å². The van der Waals surface area contributed by atoms with Crippen LogP contribution >= 0.6 is 0 Å². The molecule has 0 aliphatic carbocycles. The number of hydrogen-bond acceptors (Lipinski definition) is 5. The summed E-state index contributed by atoms with van der Waals surface area (Å²) in [4.78, 5) is 16.7. The van der Waals surface area contributed by atoms with Crippen molar-refractivity contribution in [3.63, 3.8) is 0 Å². The molecule has 0 atom stereocenters. The minimum Gasteiger partial charge on any atom is -0.481 e. The third kappa shape index (κ3) is 2.94. The quantitative estimate of drug-likeness (QED) is 0.596. The summed E-state index contributed by atoms with van der Waals surface area (Å²) in [5.74, 6) is 0.860. The van der Waals surface area contributed by atoms with Gasteiger partial charge >= 0.3 is 0 Å². The largest absolute Gasteiger partial charge is 0.481 e. The molecule has 1 aromatic carbocycles. The highest BCUT2D eigenvalue weighted by atomic mass is 16.5. The van der Waals surface area contributed by atoms with Gasteiger partial charge < -0.3 is 14.5 Å². The summed E-state index contributed by atoms with van der Waals surface area (Å²) >= 11 is 0. The van der Waals surface area contributed by atoms with E-state index < -0.39 is 0 Å². The molecule has 7 heteroatoms. The molecule has 3 heterocycles. The fourth-order valence-electron chi connectivity index (χ4n) is 2.49. The minimum atomic E-state index is -0.310. The van der Waals surface area contributed by atoms with Gasteiger partial charge in [0.15, 0.2) is 11.5 Å². The Morgan fingerprint density at radius 1 is 1.20 bits per heavy atom. The van der Waals surface area contributed by atoms with Crippen molar-refractivity contribution in [2.45, 2.75) is 0 Å². The zero-order valence-corrected chi connectivity index (χ0v) is 13.3. The van der Waals surface area contributed by atoms with Gasteiger partial charge in [0.05, 0.1) is 18.9 Å². The van der Waals surface area contributed by atoms with Crippen molar-refractivity contribution in [2.75, 3.05) is 12.4 Å². The van der Waals surface area contributed by atoms with Gasteiger partial charge in [-0.15, -0.1) is 0 Å². The topological polar surface area (TPSA) is 93.0 Å². The van der Waals surface area contributed by atoms with Gasteiger partial charge in [-0.2, -0.15) is 5.10 Å². The average Bonchev–Trinajstić information content (AvgIpc) is 3.32. The molecule has 0 aliphatic rings. The zero-order chi connectivity index (χ0) is 17.2. The summed E-state index contributed by atoms with van der Waals surface area (Å²) in [7, 11) is 1.57. The van der Waals surface area contributed by atoms with E-state index in [9.17, 15) is 4.79 Å². The van der Waals surface area contributed by atoms with Gasteiger partial charge in [0.1, 0.15) is 5.69 Å². The first-order chi connectivity index (χ1) is 12.2. The van der Waals surface area contributed by atoms with Crippen molar-refractivity contribution in [1.29, 1.82) is 0 Å². The Labute approximate surface area is 142 Å². The molecule has 1 amide bonds. The lowest BCUT2D eigenvalue weighted by molar-refractivity contribution is 0.102. The molecule has 25 heavy (non-hydrogen) atoms. The van der Waals surface area contributed by atoms with Crippen molar-refractivity contribution in [1.82, 2.24) is 15.2 Å². The molecule has 3 aromatic heterocycles. The van der Waals surface area contributed by atoms with Crippen LogP contribution < -0.4 is 10.1 Å². The first-order valence-corrected chi connectivity index (χ1v) is 7.58. The maximum Gasteiger partial charge on any atom is 0.276 e. The molecule has 0 bridgehead atoms. The number of carbonyl (C=O) groups excluding carboxylic acids is 1. The predicted octanol–water partition coefficient (Wildman–Crippen LogP) is 3.48. The molecular weight excluding hydrogens is 320 g/mol. The van der Waals surface area contributed by atoms with Crippen LogP contribution in [0.15, 0.2) is 59.2 Å². The van der Waals surface area contributed by atoms with Crippen molar-refractivity contribution in [3.8, 4) is 17.3 Å². The molecule has 4 aromatic rings. The molecule has 4 rings (SSSR count). The number of amides is 1. The number of furan rings is 1. The maximum absolute atomic E-state index is 12.4. The van der Waals surface area contributed by atoms with Crippen LogP contribution in [-0.2, 0) is 0 Å². The standard InChI is InChI=1S/C18H14N4O3/c1-24-17-7-4-11-9-12(5-6-13(11)20-17)19-18(23)15-10-14(21-22-15)16-3-2-8-25-16/h2-10H,1H3,(H,19,23)(H,21,22). The number of ether oxygens (including phenoxy) is 1. The average molecular weight is 334 g/mol. The Kier molecular flexibility index (Phi) is 3.66. The van der Waals surface area contributed by atoms with Crippen LogP contribution in [0.25, 0.3) is 22.4 Å². The van der Waals surface area contributed by atoms with E-state index in [2.05, 4.69) is 20.5 Å². The number of benzene rings is 1. The van der Waals surface area contributed by atoms with Gasteiger partial charge in [0, 0.05) is 23.2 Å². The molecule has 0 unspecified atom stereocenters. The molecule has 2 N–H and O–H groups in total. The van der Waals surface area contributed by atoms with Gasteiger partial charge in [-0.05, 0) is 36.4 Å². The monoisotopic (exact) mass is 334 g/mol. The van der Waals surface area contributed by atoms with Gasteiger partial charge in [0.25, 0.3) is 5.91 Å². The molecule has 0 fully saturated rings. The Morgan fingerprint density at radius 2 is 2.12 bits per heavy atom. The van der Waals surface area contributed by atoms with E-state index in [1.54, 1.807) is 43.7 Å². The predicted molar refractivity (Wildman–Crippen MR) is 92.5 cm³/mol. The Morgan fingerprint density at radius 3 is 2.92 bits per heavy atom. The number of pyridine rings is 1. The minimum absolute atomic E-state index is 0.277. The molecule has 7 nitrogen and oxygen atoms in total. The highest BCUT2D eigenvalue weighted by molar-refractivity contribution is 6.04. The van der Waals surface area contributed by atoms with E-state index in [-0.39, 0.29) is 11.6 Å². The second-order valence-corrected chi connectivity index (χ2v) is 5.36. The Bertz CT molecular complexity index is 1040. The Hall–Kier alpha value is -3.61. The van der Waals surface area contributed by atoms with Gasteiger partial charge in [-0.25, -0.2) is 4.98 Å². The summed E-state index contributed by atoms with van der Waals surface area (Å²) in [6.45, 7) is 0. The van der Waals surface area contributed by atoms with Crippen molar-refractivity contribution < 1.29 is 13.9 Å². The maximum atomic E-state index is 12.4. The van der Waals surface area contributed by atoms with E-state index in [4.69, 9.17) is 9.15 Å². The third-order valence-electron chi connectivity index (χ3n) is 3.73. The first kappa shape index (κ1) is 14.9. The number of carbonyl (C=O) groups is 1. The van der Waals surface area contributed by atoms with Crippen molar-refractivity contribution in [3.05, 3.63) is 60.5 Å². The van der Waals surface area contributed by atoms with Crippen LogP contribution in [0.2, 0.25) is 0 Å². The highest BCUT2D eigenvalue weighted by Crippen LogP contribution is 2.22. The number of aromatic amines is 1. The fraction of sp³-hybridized carbons (Fsp3) is 0.0556. The fourth-order valence-corrected chi connectivity index (χ4v) is 2.49. The number of aromatic nitrogens is 3. The van der Waals surface area contributed by atoms with E-state index in [0.29, 0.717) is 23.0 Å². The Balaban J connectivity index is 1.55. The van der Waals surface area contributed by atoms with Crippen LogP contribution in [0.4, 0.5) is 5.69 Å². The molecule has 0 radical (unpaired) electrons. The molecule has 124 valence electrons. The lowest BCUT2D eigenvalue weighted by atomic mass is 10.2. The SMILES string of the molecule is COc1ccc2cc(NC(=O)c3cc(-c4ccco4)[nH]n3)ccc2n1. The number of hydrogen-bond donors (Lipinski definition) is 2. The van der Waals surface area contributed by atoms with E-state index in [0.717, 1.165) is 10.9 Å². The van der Waals surface area contributed by atoms with Crippen LogP contribution in [0, 0.1) is 0 Å². The summed E-state index contributed by atoms with van der Waals surface area (Å²) in [6.07, 6.45) is 1.56. The normalized spacial score (nSPS) is 10.8. The van der Waals surface area contributed by atoms with E-state index in [1.807, 2.05) is 18.2 Å². The lowest BCUT2D eigenvalue weighted by Gasteiger charge is -2.06. The number of fused-ring (bicyclic) bond motifs is 1. The van der Waals surface area contributed by atoms with Crippen LogP contribution in [0.1, 0.15) is 10.5 Å². The smallest absolute Gasteiger partial charge is 0.276 e. The molecule has 0 aliphatic heterocycles. The second kappa shape index (κ2) is 6.12. The summed E-state index contributed by atoms with van der Waals surface area (Å²) in [6, 6.07) is 14.3. The molecule has 0 saturated carbocycles. The number of nitrogens with zero attached hydrogens (tertiary/aromatic N) is 2. The number of H-pyrrole nitrogens is 1. The summed E-state index contributed by atoms with van der Waals surface area (Å²) < 4.78 is 10.4. The van der Waals surface area contributed by atoms with Gasteiger partial charge in [0.2, 0.25) is 5.88 Å². The van der Waals surface area contributed by atoms with E-state index >= 15 is 0 Å². The molecule has 0 spiro atoms. The highest BCUT2D eigenvalue weighted by Gasteiger charge is 2.13. The number of methoxy groups -OCH3 is 1. The second-order valence-electron chi connectivity index (χ2n) is 5.36. The van der Waals surface area contributed by atoms with Gasteiger partial charge in [-0.3, -0.25) is 9.89 Å². The first-order valence-electron chi connectivity index (χ1n) is 7.58. The summed E-state index contributed by atoms with van der Waals surface area (Å²) in [5.41, 5.74) is 2.37.